The third-order valence-corrected chi connectivity index (χ3v) is 3.72. The summed E-state index contributed by atoms with van der Waals surface area (Å²) in [5.74, 6) is 1.17. The van der Waals surface area contributed by atoms with Crippen LogP contribution < -0.4 is 5.73 Å². The predicted octanol–water partition coefficient (Wildman–Crippen LogP) is 3.58. The maximum Gasteiger partial charge on any atom is 0.153 e. The summed E-state index contributed by atoms with van der Waals surface area (Å²) in [7, 11) is 0. The van der Waals surface area contributed by atoms with Crippen molar-refractivity contribution in [1.29, 1.82) is 0 Å². The average molecular weight is 248 g/mol. The maximum absolute atomic E-state index is 5.95. The van der Waals surface area contributed by atoms with E-state index in [1.54, 1.807) is 0 Å². The first-order chi connectivity index (χ1) is 8.25. The van der Waals surface area contributed by atoms with Gasteiger partial charge in [0.2, 0.25) is 0 Å². The van der Waals surface area contributed by atoms with Gasteiger partial charge in [0.05, 0.1) is 0 Å². The minimum Gasteiger partial charge on any atom is -0.382 e. The largest absolute Gasteiger partial charge is 0.382 e. The molecule has 1 aromatic heterocycles. The summed E-state index contributed by atoms with van der Waals surface area (Å²) in [6, 6.07) is 7.75. The van der Waals surface area contributed by atoms with E-state index < -0.39 is 0 Å². The van der Waals surface area contributed by atoms with Crippen molar-refractivity contribution in [2.45, 2.75) is 25.2 Å². The summed E-state index contributed by atoms with van der Waals surface area (Å²) >= 11 is 5.90. The fraction of sp³-hybridized carbons (Fsp3) is 0.308. The lowest BCUT2D eigenvalue weighted by molar-refractivity contribution is 0.411. The molecule has 0 atom stereocenters. The Bertz CT molecular complexity index is 526. The zero-order valence-electron chi connectivity index (χ0n) is 9.41. The summed E-state index contributed by atoms with van der Waals surface area (Å²) in [5.41, 5.74) is 9.26. The molecule has 4 heteroatoms. The molecule has 3 rings (SSSR count). The van der Waals surface area contributed by atoms with E-state index in [4.69, 9.17) is 17.3 Å². The van der Waals surface area contributed by atoms with Crippen molar-refractivity contribution in [3.8, 4) is 11.1 Å². The molecule has 0 radical (unpaired) electrons. The molecular weight excluding hydrogens is 234 g/mol. The molecule has 1 aliphatic carbocycles. The van der Waals surface area contributed by atoms with Crippen LogP contribution in [0, 0.1) is 0 Å². The zero-order valence-corrected chi connectivity index (χ0v) is 10.2. The van der Waals surface area contributed by atoms with Gasteiger partial charge < -0.3 is 5.73 Å². The number of hydrogen-bond acceptors (Lipinski definition) is 2. The average Bonchev–Trinajstić information content (AvgIpc) is 2.60. The van der Waals surface area contributed by atoms with E-state index in [9.17, 15) is 0 Å². The number of aromatic nitrogens is 2. The fourth-order valence-corrected chi connectivity index (χ4v) is 2.41. The molecule has 1 aromatic carbocycles. The molecule has 1 aliphatic rings. The molecule has 1 saturated carbocycles. The third-order valence-electron chi connectivity index (χ3n) is 3.47. The van der Waals surface area contributed by atoms with Crippen LogP contribution in [0.3, 0.4) is 0 Å². The minimum atomic E-state index is 0.578. The quantitative estimate of drug-likeness (QED) is 0.852. The first-order valence-electron chi connectivity index (χ1n) is 5.85. The van der Waals surface area contributed by atoms with Crippen molar-refractivity contribution in [2.75, 3.05) is 5.73 Å². The summed E-state index contributed by atoms with van der Waals surface area (Å²) < 4.78 is 0. The standard InChI is InChI=1S/C13H14ClN3/c14-10-6-4-8(5-7-10)11-12(9-2-1-3-9)16-17-13(11)15/h4-7,9H,1-3H2,(H3,15,16,17). The van der Waals surface area contributed by atoms with E-state index in [0.717, 1.165) is 16.1 Å². The molecule has 0 spiro atoms. The summed E-state index contributed by atoms with van der Waals surface area (Å²) in [6.07, 6.45) is 3.74. The number of nitrogens with zero attached hydrogens (tertiary/aromatic N) is 1. The molecule has 0 aliphatic heterocycles. The molecule has 3 nitrogen and oxygen atoms in total. The first kappa shape index (κ1) is 10.7. The number of H-pyrrole nitrogens is 1. The molecule has 17 heavy (non-hydrogen) atoms. The molecule has 0 bridgehead atoms. The molecule has 0 saturated heterocycles. The second-order valence-corrected chi connectivity index (χ2v) is 4.97. The summed E-state index contributed by atoms with van der Waals surface area (Å²) in [5, 5.41) is 7.96. The lowest BCUT2D eigenvalue weighted by atomic mass is 9.80. The highest BCUT2D eigenvalue weighted by atomic mass is 35.5. The van der Waals surface area contributed by atoms with Gasteiger partial charge in [-0.1, -0.05) is 30.2 Å². The van der Waals surface area contributed by atoms with Crippen LogP contribution >= 0.6 is 11.6 Å². The van der Waals surface area contributed by atoms with Crippen LogP contribution in [0.15, 0.2) is 24.3 Å². The number of halogens is 1. The van der Waals surface area contributed by atoms with Crippen LogP contribution in [0.25, 0.3) is 11.1 Å². The van der Waals surface area contributed by atoms with Crippen molar-refractivity contribution in [3.05, 3.63) is 35.0 Å². The predicted molar refractivity (Wildman–Crippen MR) is 70.0 cm³/mol. The lowest BCUT2D eigenvalue weighted by Gasteiger charge is -2.25. The van der Waals surface area contributed by atoms with E-state index in [1.807, 2.05) is 24.3 Å². The van der Waals surface area contributed by atoms with E-state index in [0.29, 0.717) is 11.7 Å². The second kappa shape index (κ2) is 4.08. The van der Waals surface area contributed by atoms with Crippen molar-refractivity contribution >= 4 is 17.4 Å². The molecule has 1 fully saturated rings. The van der Waals surface area contributed by atoms with Crippen LogP contribution in [0.2, 0.25) is 5.02 Å². The third kappa shape index (κ3) is 1.80. The monoisotopic (exact) mass is 247 g/mol. The van der Waals surface area contributed by atoms with Crippen molar-refractivity contribution in [1.82, 2.24) is 10.2 Å². The van der Waals surface area contributed by atoms with E-state index in [2.05, 4.69) is 10.2 Å². The van der Waals surface area contributed by atoms with Gasteiger partial charge in [0, 0.05) is 22.2 Å². The normalized spacial score (nSPS) is 15.8. The van der Waals surface area contributed by atoms with E-state index >= 15 is 0 Å². The van der Waals surface area contributed by atoms with Gasteiger partial charge in [-0.25, -0.2) is 0 Å². The highest BCUT2D eigenvalue weighted by Gasteiger charge is 2.26. The van der Waals surface area contributed by atoms with Gasteiger partial charge in [-0.2, -0.15) is 5.10 Å². The Labute approximate surface area is 105 Å². The van der Waals surface area contributed by atoms with E-state index in [1.165, 1.54) is 25.0 Å². The van der Waals surface area contributed by atoms with Crippen LogP contribution in [0.4, 0.5) is 5.82 Å². The number of anilines is 1. The number of benzene rings is 1. The summed E-state index contributed by atoms with van der Waals surface area (Å²) in [4.78, 5) is 0. The van der Waals surface area contributed by atoms with Crippen molar-refractivity contribution in [3.63, 3.8) is 0 Å². The van der Waals surface area contributed by atoms with E-state index in [-0.39, 0.29) is 0 Å². The fourth-order valence-electron chi connectivity index (χ4n) is 2.28. The van der Waals surface area contributed by atoms with Crippen LogP contribution in [0.1, 0.15) is 30.9 Å². The van der Waals surface area contributed by atoms with Gasteiger partial charge in [0.25, 0.3) is 0 Å². The molecule has 0 unspecified atom stereocenters. The van der Waals surface area contributed by atoms with Gasteiger partial charge in [0.15, 0.2) is 5.82 Å². The summed E-state index contributed by atoms with van der Waals surface area (Å²) in [6.45, 7) is 0. The number of aromatic amines is 1. The van der Waals surface area contributed by atoms with Gasteiger partial charge in [-0.05, 0) is 30.5 Å². The van der Waals surface area contributed by atoms with Gasteiger partial charge in [-0.15, -0.1) is 0 Å². The van der Waals surface area contributed by atoms with Crippen LogP contribution in [-0.4, -0.2) is 10.2 Å². The van der Waals surface area contributed by atoms with Gasteiger partial charge >= 0.3 is 0 Å². The van der Waals surface area contributed by atoms with Crippen LogP contribution in [-0.2, 0) is 0 Å². The van der Waals surface area contributed by atoms with Crippen molar-refractivity contribution in [2.24, 2.45) is 0 Å². The lowest BCUT2D eigenvalue weighted by Crippen LogP contribution is -2.10. The Morgan fingerprint density at radius 3 is 2.53 bits per heavy atom. The Morgan fingerprint density at radius 1 is 1.24 bits per heavy atom. The number of nitrogens with two attached hydrogens (primary N) is 1. The zero-order chi connectivity index (χ0) is 11.8. The Hall–Kier alpha value is -1.48. The number of rotatable bonds is 2. The van der Waals surface area contributed by atoms with Crippen LogP contribution in [0.5, 0.6) is 0 Å². The number of hydrogen-bond donors (Lipinski definition) is 2. The minimum absolute atomic E-state index is 0.578. The smallest absolute Gasteiger partial charge is 0.153 e. The highest BCUT2D eigenvalue weighted by molar-refractivity contribution is 6.30. The number of nitrogen functional groups attached to an aromatic ring is 1. The highest BCUT2D eigenvalue weighted by Crippen LogP contribution is 2.42. The maximum atomic E-state index is 5.95. The SMILES string of the molecule is Nc1n[nH]c(C2CCC2)c1-c1ccc(Cl)cc1. The molecule has 0 amide bonds. The van der Waals surface area contributed by atoms with Crippen molar-refractivity contribution < 1.29 is 0 Å². The molecule has 88 valence electrons. The van der Waals surface area contributed by atoms with Gasteiger partial charge in [-0.3, -0.25) is 5.10 Å². The molecule has 2 aromatic rings. The molecule has 1 heterocycles. The first-order valence-corrected chi connectivity index (χ1v) is 6.23. The molecular formula is C13H14ClN3. The molecule has 3 N–H and O–H groups in total. The van der Waals surface area contributed by atoms with Gasteiger partial charge in [0.1, 0.15) is 0 Å². The second-order valence-electron chi connectivity index (χ2n) is 4.53. The Balaban J connectivity index is 2.06. The Morgan fingerprint density at radius 2 is 1.94 bits per heavy atom. The number of nitrogens with one attached hydrogen (secondary N) is 1. The topological polar surface area (TPSA) is 54.7 Å². The Kier molecular flexibility index (Phi) is 2.56.